The molecule has 0 saturated carbocycles. The fourth-order valence-corrected chi connectivity index (χ4v) is 1.45. The molecular weight excluding hydrogens is 230 g/mol. The molecule has 4 nitrogen and oxygen atoms in total. The van der Waals surface area contributed by atoms with Crippen LogP contribution in [0.5, 0.6) is 5.75 Å². The fourth-order valence-electron chi connectivity index (χ4n) is 1.45. The topological polar surface area (TPSA) is 47.6 Å². The first-order chi connectivity index (χ1) is 8.67. The summed E-state index contributed by atoms with van der Waals surface area (Å²) in [6.07, 6.45) is 0.931. The molecule has 0 atom stereocenters. The quantitative estimate of drug-likeness (QED) is 0.810. The monoisotopic (exact) mass is 251 g/mol. The molecule has 4 heteroatoms. The summed E-state index contributed by atoms with van der Waals surface area (Å²) in [6, 6.07) is 5.71. The molecule has 1 aromatic rings. The summed E-state index contributed by atoms with van der Waals surface area (Å²) in [6.45, 7) is 7.12. The third-order valence-electron chi connectivity index (χ3n) is 2.31. The van der Waals surface area contributed by atoms with Crippen LogP contribution in [0, 0.1) is 6.92 Å². The van der Waals surface area contributed by atoms with E-state index >= 15 is 0 Å². The molecule has 0 aliphatic carbocycles. The lowest BCUT2D eigenvalue weighted by atomic mass is 10.2. The van der Waals surface area contributed by atoms with Gasteiger partial charge in [0.2, 0.25) is 5.91 Å². The predicted molar refractivity (Wildman–Crippen MR) is 72.1 cm³/mol. The summed E-state index contributed by atoms with van der Waals surface area (Å²) >= 11 is 0. The Labute approximate surface area is 108 Å². The van der Waals surface area contributed by atoms with Crippen LogP contribution >= 0.6 is 0 Å². The minimum Gasteiger partial charge on any atom is -0.491 e. The number of aryl methyl sites for hydroxylation is 1. The van der Waals surface area contributed by atoms with Crippen molar-refractivity contribution < 1.29 is 14.3 Å². The molecule has 0 fully saturated rings. The Morgan fingerprint density at radius 3 is 2.78 bits per heavy atom. The first kappa shape index (κ1) is 14.5. The minimum absolute atomic E-state index is 0.0671. The van der Waals surface area contributed by atoms with Gasteiger partial charge in [-0.05, 0) is 38.0 Å². The van der Waals surface area contributed by atoms with Crippen molar-refractivity contribution in [1.82, 2.24) is 0 Å². The number of carbonyl (C=O) groups is 1. The van der Waals surface area contributed by atoms with Gasteiger partial charge in [-0.2, -0.15) is 0 Å². The normalized spacial score (nSPS) is 10.2. The largest absolute Gasteiger partial charge is 0.491 e. The van der Waals surface area contributed by atoms with Crippen molar-refractivity contribution in [2.24, 2.45) is 0 Å². The Morgan fingerprint density at radius 1 is 1.33 bits per heavy atom. The maximum atomic E-state index is 11.6. The van der Waals surface area contributed by atoms with Crippen molar-refractivity contribution in [2.45, 2.75) is 27.2 Å². The molecule has 18 heavy (non-hydrogen) atoms. The minimum atomic E-state index is -0.165. The predicted octanol–water partition coefficient (Wildman–Crippen LogP) is 2.76. The van der Waals surface area contributed by atoms with Gasteiger partial charge in [-0.25, -0.2) is 0 Å². The number of anilines is 1. The lowest BCUT2D eigenvalue weighted by molar-refractivity contribution is -0.120. The van der Waals surface area contributed by atoms with E-state index in [-0.39, 0.29) is 12.5 Å². The van der Waals surface area contributed by atoms with E-state index in [0.29, 0.717) is 24.7 Å². The summed E-state index contributed by atoms with van der Waals surface area (Å²) < 4.78 is 10.7. The van der Waals surface area contributed by atoms with E-state index in [0.717, 1.165) is 12.0 Å². The fraction of sp³-hybridized carbons (Fsp3) is 0.500. The molecule has 1 rings (SSSR count). The van der Waals surface area contributed by atoms with Crippen LogP contribution in [0.2, 0.25) is 0 Å². The van der Waals surface area contributed by atoms with Gasteiger partial charge in [0.25, 0.3) is 0 Å². The molecular formula is C14H21NO3. The van der Waals surface area contributed by atoms with Crippen LogP contribution < -0.4 is 10.1 Å². The zero-order valence-electron chi connectivity index (χ0n) is 11.3. The van der Waals surface area contributed by atoms with E-state index < -0.39 is 0 Å². The van der Waals surface area contributed by atoms with E-state index in [2.05, 4.69) is 5.32 Å². The number of amides is 1. The second kappa shape index (κ2) is 7.71. The van der Waals surface area contributed by atoms with Crippen molar-refractivity contribution >= 4 is 11.6 Å². The number of hydrogen-bond donors (Lipinski definition) is 1. The van der Waals surface area contributed by atoms with Gasteiger partial charge in [-0.15, -0.1) is 0 Å². The first-order valence-corrected chi connectivity index (χ1v) is 6.28. The second-order valence-electron chi connectivity index (χ2n) is 4.03. The van der Waals surface area contributed by atoms with E-state index in [9.17, 15) is 4.79 Å². The van der Waals surface area contributed by atoms with Crippen molar-refractivity contribution in [3.63, 3.8) is 0 Å². The lowest BCUT2D eigenvalue weighted by Gasteiger charge is -2.12. The van der Waals surface area contributed by atoms with E-state index in [1.54, 1.807) is 0 Å². The number of benzene rings is 1. The number of nitrogens with one attached hydrogen (secondary N) is 1. The summed E-state index contributed by atoms with van der Waals surface area (Å²) in [7, 11) is 0. The molecule has 0 saturated heterocycles. The SMILES string of the molecule is CCCOc1cc(C)ccc1NC(=O)COCC. The standard InChI is InChI=1S/C14H21NO3/c1-4-8-18-13-9-11(3)6-7-12(13)15-14(16)10-17-5-2/h6-7,9H,4-5,8,10H2,1-3H3,(H,15,16). The Hall–Kier alpha value is -1.55. The molecule has 1 N–H and O–H groups in total. The highest BCUT2D eigenvalue weighted by Gasteiger charge is 2.08. The summed E-state index contributed by atoms with van der Waals surface area (Å²) in [5, 5.41) is 2.79. The molecule has 0 aliphatic heterocycles. The summed E-state index contributed by atoms with van der Waals surface area (Å²) in [5.74, 6) is 0.545. The molecule has 0 heterocycles. The van der Waals surface area contributed by atoms with Crippen LogP contribution in [-0.4, -0.2) is 25.7 Å². The molecule has 0 unspecified atom stereocenters. The molecule has 0 spiro atoms. The Balaban J connectivity index is 2.70. The van der Waals surface area contributed by atoms with Crippen molar-refractivity contribution in [3.05, 3.63) is 23.8 Å². The van der Waals surface area contributed by atoms with Crippen LogP contribution in [0.1, 0.15) is 25.8 Å². The highest BCUT2D eigenvalue weighted by Crippen LogP contribution is 2.25. The van der Waals surface area contributed by atoms with Gasteiger partial charge >= 0.3 is 0 Å². The number of hydrogen-bond acceptors (Lipinski definition) is 3. The van der Waals surface area contributed by atoms with Gasteiger partial charge in [0.1, 0.15) is 12.4 Å². The van der Waals surface area contributed by atoms with Crippen molar-refractivity contribution in [3.8, 4) is 5.75 Å². The van der Waals surface area contributed by atoms with Crippen LogP contribution in [0.15, 0.2) is 18.2 Å². The van der Waals surface area contributed by atoms with Gasteiger partial charge in [-0.3, -0.25) is 4.79 Å². The molecule has 0 radical (unpaired) electrons. The van der Waals surface area contributed by atoms with Gasteiger partial charge in [-0.1, -0.05) is 13.0 Å². The number of carbonyl (C=O) groups excluding carboxylic acids is 1. The first-order valence-electron chi connectivity index (χ1n) is 6.28. The Bertz CT molecular complexity index is 391. The summed E-state index contributed by atoms with van der Waals surface area (Å²) in [4.78, 5) is 11.6. The van der Waals surface area contributed by atoms with Crippen molar-refractivity contribution in [1.29, 1.82) is 0 Å². The van der Waals surface area contributed by atoms with Crippen molar-refractivity contribution in [2.75, 3.05) is 25.1 Å². The molecule has 0 aromatic heterocycles. The van der Waals surface area contributed by atoms with Gasteiger partial charge in [0, 0.05) is 6.61 Å². The van der Waals surface area contributed by atoms with Crippen LogP contribution in [0.4, 0.5) is 5.69 Å². The third-order valence-corrected chi connectivity index (χ3v) is 2.31. The van der Waals surface area contributed by atoms with Crippen LogP contribution in [0.25, 0.3) is 0 Å². The number of ether oxygens (including phenoxy) is 2. The molecule has 0 aliphatic rings. The maximum Gasteiger partial charge on any atom is 0.250 e. The van der Waals surface area contributed by atoms with E-state index in [4.69, 9.17) is 9.47 Å². The average Bonchev–Trinajstić information content (AvgIpc) is 2.36. The third kappa shape index (κ3) is 4.75. The van der Waals surface area contributed by atoms with Gasteiger partial charge in [0.15, 0.2) is 0 Å². The van der Waals surface area contributed by atoms with Crippen LogP contribution in [0.3, 0.4) is 0 Å². The van der Waals surface area contributed by atoms with E-state index in [1.807, 2.05) is 39.0 Å². The van der Waals surface area contributed by atoms with Crippen LogP contribution in [-0.2, 0) is 9.53 Å². The second-order valence-corrected chi connectivity index (χ2v) is 4.03. The smallest absolute Gasteiger partial charge is 0.250 e. The zero-order valence-corrected chi connectivity index (χ0v) is 11.3. The Kier molecular flexibility index (Phi) is 6.22. The highest BCUT2D eigenvalue weighted by atomic mass is 16.5. The van der Waals surface area contributed by atoms with Gasteiger partial charge < -0.3 is 14.8 Å². The number of rotatable bonds is 7. The average molecular weight is 251 g/mol. The van der Waals surface area contributed by atoms with E-state index in [1.165, 1.54) is 0 Å². The maximum absolute atomic E-state index is 11.6. The molecule has 1 aromatic carbocycles. The molecule has 1 amide bonds. The van der Waals surface area contributed by atoms with Gasteiger partial charge in [0.05, 0.1) is 12.3 Å². The zero-order chi connectivity index (χ0) is 13.4. The molecule has 100 valence electrons. The Morgan fingerprint density at radius 2 is 2.11 bits per heavy atom. The lowest BCUT2D eigenvalue weighted by Crippen LogP contribution is -2.18. The summed E-state index contributed by atoms with van der Waals surface area (Å²) in [5.41, 5.74) is 1.79. The highest BCUT2D eigenvalue weighted by molar-refractivity contribution is 5.93. The molecule has 0 bridgehead atoms.